The minimum Gasteiger partial charge on any atom is -0.325 e. The van der Waals surface area contributed by atoms with E-state index in [9.17, 15) is 9.18 Å². The van der Waals surface area contributed by atoms with Gasteiger partial charge in [-0.2, -0.15) is 17.0 Å². The summed E-state index contributed by atoms with van der Waals surface area (Å²) in [5, 5.41) is 10.9. The average molecular weight is 273 g/mol. The average Bonchev–Trinajstić information content (AvgIpc) is 2.30. The first-order valence-electron chi connectivity index (χ1n) is 4.83. The smallest absolute Gasteiger partial charge is 0.234 e. The number of carbonyl (C=O) groups excluding carboxylic acids is 1. The second kappa shape index (κ2) is 7.15. The summed E-state index contributed by atoms with van der Waals surface area (Å²) in [5.41, 5.74) is 0.460. The molecule has 3 nitrogen and oxygen atoms in total. The van der Waals surface area contributed by atoms with Crippen LogP contribution in [0.2, 0.25) is 5.02 Å². The van der Waals surface area contributed by atoms with Crippen molar-refractivity contribution in [2.24, 2.45) is 0 Å². The van der Waals surface area contributed by atoms with Crippen LogP contribution in [-0.2, 0) is 4.79 Å². The van der Waals surface area contributed by atoms with Crippen molar-refractivity contribution in [3.8, 4) is 6.07 Å². The Morgan fingerprint density at radius 2 is 2.35 bits per heavy atom. The molecule has 0 aliphatic rings. The lowest BCUT2D eigenvalue weighted by Crippen LogP contribution is -2.14. The Hall–Kier alpha value is -1.25. The molecule has 0 saturated heterocycles. The van der Waals surface area contributed by atoms with Crippen molar-refractivity contribution in [1.29, 1.82) is 5.26 Å². The molecule has 0 heterocycles. The molecule has 0 aromatic heterocycles. The number of halogens is 2. The number of hydrogen-bond acceptors (Lipinski definition) is 3. The van der Waals surface area contributed by atoms with Gasteiger partial charge in [-0.05, 0) is 18.2 Å². The lowest BCUT2D eigenvalue weighted by molar-refractivity contribution is -0.113. The summed E-state index contributed by atoms with van der Waals surface area (Å²) in [7, 11) is 0. The monoisotopic (exact) mass is 272 g/mol. The minimum atomic E-state index is -0.520. The Morgan fingerprint density at radius 1 is 1.59 bits per heavy atom. The maximum Gasteiger partial charge on any atom is 0.234 e. The van der Waals surface area contributed by atoms with E-state index in [1.807, 2.05) is 6.07 Å². The number of nitrogens with one attached hydrogen (secondary N) is 1. The van der Waals surface area contributed by atoms with E-state index < -0.39 is 5.82 Å². The highest BCUT2D eigenvalue weighted by Gasteiger charge is 2.05. The van der Waals surface area contributed by atoms with Crippen molar-refractivity contribution in [2.45, 2.75) is 6.42 Å². The van der Waals surface area contributed by atoms with Crippen LogP contribution in [0.25, 0.3) is 0 Å². The summed E-state index contributed by atoms with van der Waals surface area (Å²) in [6.45, 7) is 0. The first-order chi connectivity index (χ1) is 8.13. The molecule has 0 unspecified atom stereocenters. The van der Waals surface area contributed by atoms with Gasteiger partial charge in [-0.3, -0.25) is 4.79 Å². The van der Waals surface area contributed by atoms with Crippen LogP contribution < -0.4 is 5.32 Å². The number of carbonyl (C=O) groups is 1. The molecule has 1 N–H and O–H groups in total. The number of rotatable bonds is 5. The highest BCUT2D eigenvalue weighted by Crippen LogP contribution is 2.19. The van der Waals surface area contributed by atoms with Crippen LogP contribution in [-0.4, -0.2) is 17.4 Å². The van der Waals surface area contributed by atoms with E-state index in [-0.39, 0.29) is 16.7 Å². The minimum absolute atomic E-state index is 0.0278. The van der Waals surface area contributed by atoms with Gasteiger partial charge in [0.25, 0.3) is 0 Å². The van der Waals surface area contributed by atoms with Crippen molar-refractivity contribution in [2.75, 3.05) is 16.8 Å². The molecular formula is C11H10ClFN2OS. The van der Waals surface area contributed by atoms with Gasteiger partial charge in [-0.15, -0.1) is 0 Å². The van der Waals surface area contributed by atoms with Crippen LogP contribution in [0.5, 0.6) is 0 Å². The number of anilines is 1. The number of thioether (sulfide) groups is 1. The number of nitriles is 1. The summed E-state index contributed by atoms with van der Waals surface area (Å²) in [6.07, 6.45) is 0.417. The Kier molecular flexibility index (Phi) is 5.81. The first-order valence-corrected chi connectivity index (χ1v) is 6.36. The summed E-state index contributed by atoms with van der Waals surface area (Å²) >= 11 is 6.95. The first kappa shape index (κ1) is 13.8. The normalized spacial score (nSPS) is 9.71. The van der Waals surface area contributed by atoms with Gasteiger partial charge in [0.05, 0.1) is 16.8 Å². The predicted octanol–water partition coefficient (Wildman–Crippen LogP) is 3.06. The molecule has 1 aromatic carbocycles. The molecule has 0 saturated carbocycles. The number of nitrogens with zero attached hydrogens (tertiary/aromatic N) is 1. The topological polar surface area (TPSA) is 52.9 Å². The van der Waals surface area contributed by atoms with E-state index in [0.717, 1.165) is 0 Å². The third-order valence-corrected chi connectivity index (χ3v) is 3.04. The second-order valence-electron chi connectivity index (χ2n) is 3.14. The lowest BCUT2D eigenvalue weighted by atomic mass is 10.3. The maximum atomic E-state index is 12.8. The third-order valence-electron chi connectivity index (χ3n) is 1.79. The quantitative estimate of drug-likeness (QED) is 0.838. The van der Waals surface area contributed by atoms with Crippen LogP contribution in [0.3, 0.4) is 0 Å². The molecule has 90 valence electrons. The number of benzene rings is 1. The zero-order valence-electron chi connectivity index (χ0n) is 8.87. The fourth-order valence-corrected chi connectivity index (χ4v) is 1.87. The molecule has 1 aromatic rings. The Balaban J connectivity index is 2.40. The molecule has 1 amide bonds. The van der Waals surface area contributed by atoms with Gasteiger partial charge in [-0.25, -0.2) is 4.39 Å². The largest absolute Gasteiger partial charge is 0.325 e. The van der Waals surface area contributed by atoms with Crippen LogP contribution >= 0.6 is 23.4 Å². The van der Waals surface area contributed by atoms with E-state index in [1.54, 1.807) is 0 Å². The Morgan fingerprint density at radius 3 is 3.00 bits per heavy atom. The fourth-order valence-electron chi connectivity index (χ4n) is 1.05. The van der Waals surface area contributed by atoms with Gasteiger partial charge in [0, 0.05) is 17.9 Å². The van der Waals surface area contributed by atoms with E-state index >= 15 is 0 Å². The molecule has 0 spiro atoms. The van der Waals surface area contributed by atoms with Crippen molar-refractivity contribution in [1.82, 2.24) is 0 Å². The summed E-state index contributed by atoms with van der Waals surface area (Å²) in [4.78, 5) is 11.4. The van der Waals surface area contributed by atoms with Gasteiger partial charge < -0.3 is 5.32 Å². The van der Waals surface area contributed by atoms with Gasteiger partial charge in [0.1, 0.15) is 5.82 Å². The van der Waals surface area contributed by atoms with Gasteiger partial charge in [0.2, 0.25) is 5.91 Å². The van der Waals surface area contributed by atoms with E-state index in [1.165, 1.54) is 30.0 Å². The lowest BCUT2D eigenvalue weighted by Gasteiger charge is -2.05. The summed E-state index contributed by atoms with van der Waals surface area (Å²) in [6, 6.07) is 5.99. The zero-order chi connectivity index (χ0) is 12.7. The van der Waals surface area contributed by atoms with Gasteiger partial charge >= 0.3 is 0 Å². The standard InChI is InChI=1S/C11H10ClFN2OS/c12-9-6-8(2-3-10(9)13)15-11(16)7-17-5-1-4-14/h2-3,6H,1,5,7H2,(H,15,16). The van der Waals surface area contributed by atoms with E-state index in [0.29, 0.717) is 17.9 Å². The van der Waals surface area contributed by atoms with Crippen LogP contribution in [0.1, 0.15) is 6.42 Å². The molecule has 0 aliphatic heterocycles. The number of hydrogen-bond donors (Lipinski definition) is 1. The molecule has 17 heavy (non-hydrogen) atoms. The predicted molar refractivity (Wildman–Crippen MR) is 67.6 cm³/mol. The maximum absolute atomic E-state index is 12.8. The number of amides is 1. The molecule has 0 bridgehead atoms. The summed E-state index contributed by atoms with van der Waals surface area (Å²) < 4.78 is 12.8. The van der Waals surface area contributed by atoms with Gasteiger partial charge in [0.15, 0.2) is 0 Å². The zero-order valence-corrected chi connectivity index (χ0v) is 10.4. The van der Waals surface area contributed by atoms with E-state index in [2.05, 4.69) is 5.32 Å². The van der Waals surface area contributed by atoms with Crippen LogP contribution in [0.15, 0.2) is 18.2 Å². The summed E-state index contributed by atoms with van der Waals surface area (Å²) in [5.74, 6) is 0.161. The van der Waals surface area contributed by atoms with Crippen LogP contribution in [0, 0.1) is 17.1 Å². The van der Waals surface area contributed by atoms with Crippen molar-refractivity contribution in [3.63, 3.8) is 0 Å². The van der Waals surface area contributed by atoms with Gasteiger partial charge in [-0.1, -0.05) is 11.6 Å². The van der Waals surface area contributed by atoms with E-state index in [4.69, 9.17) is 16.9 Å². The fraction of sp³-hybridized carbons (Fsp3) is 0.273. The third kappa shape index (κ3) is 5.07. The second-order valence-corrected chi connectivity index (χ2v) is 4.65. The molecule has 1 rings (SSSR count). The van der Waals surface area contributed by atoms with Crippen LogP contribution in [0.4, 0.5) is 10.1 Å². The highest BCUT2D eigenvalue weighted by atomic mass is 35.5. The molecule has 0 atom stereocenters. The highest BCUT2D eigenvalue weighted by molar-refractivity contribution is 7.99. The van der Waals surface area contributed by atoms with Crippen molar-refractivity contribution >= 4 is 35.0 Å². The molecule has 0 aliphatic carbocycles. The molecular weight excluding hydrogens is 263 g/mol. The SMILES string of the molecule is N#CCCSCC(=O)Nc1ccc(F)c(Cl)c1. The Bertz CT molecular complexity index is 448. The molecule has 0 fully saturated rings. The Labute approximate surface area is 108 Å². The molecule has 6 heteroatoms. The molecule has 0 radical (unpaired) electrons. The van der Waals surface area contributed by atoms with Crippen molar-refractivity contribution < 1.29 is 9.18 Å². The van der Waals surface area contributed by atoms with Crippen molar-refractivity contribution in [3.05, 3.63) is 29.0 Å².